The fourth-order valence-corrected chi connectivity index (χ4v) is 2.71. The van der Waals surface area contributed by atoms with E-state index >= 15 is 0 Å². The first-order valence-corrected chi connectivity index (χ1v) is 7.70. The molecule has 2 aromatic rings. The molecule has 1 N–H and O–H groups in total. The molecule has 0 bridgehead atoms. The Kier molecular flexibility index (Phi) is 4.84. The number of carbonyl (C=O) groups is 1. The Hall–Kier alpha value is -1.75. The second-order valence-electron chi connectivity index (χ2n) is 4.38. The van der Waals surface area contributed by atoms with Gasteiger partial charge < -0.3 is 5.32 Å². The first kappa shape index (κ1) is 14.7. The first-order chi connectivity index (χ1) is 9.65. The predicted molar refractivity (Wildman–Crippen MR) is 83.4 cm³/mol. The standard InChI is InChI=1S/C15H19N3OS/c1-4-11-10-13(18(3)17-11)15(19)16-12-8-6-7-9-14(12)20-5-2/h6-10H,4-5H2,1-3H3,(H,16,19). The first-order valence-electron chi connectivity index (χ1n) is 6.71. The fourth-order valence-electron chi connectivity index (χ4n) is 1.95. The van der Waals surface area contributed by atoms with E-state index in [2.05, 4.69) is 17.3 Å². The van der Waals surface area contributed by atoms with Crippen LogP contribution in [0.1, 0.15) is 30.0 Å². The number of amides is 1. The van der Waals surface area contributed by atoms with Gasteiger partial charge in [-0.3, -0.25) is 9.48 Å². The van der Waals surface area contributed by atoms with E-state index < -0.39 is 0 Å². The summed E-state index contributed by atoms with van der Waals surface area (Å²) in [6.07, 6.45) is 0.823. The summed E-state index contributed by atoms with van der Waals surface area (Å²) in [5.74, 6) is 0.849. The number of hydrogen-bond donors (Lipinski definition) is 1. The predicted octanol–water partition coefficient (Wildman–Crippen LogP) is 3.35. The summed E-state index contributed by atoms with van der Waals surface area (Å²) in [6.45, 7) is 4.12. The van der Waals surface area contributed by atoms with Gasteiger partial charge in [0.25, 0.3) is 5.91 Å². The molecule has 20 heavy (non-hydrogen) atoms. The van der Waals surface area contributed by atoms with Crippen molar-refractivity contribution in [1.82, 2.24) is 9.78 Å². The number of thioether (sulfide) groups is 1. The van der Waals surface area contributed by atoms with Gasteiger partial charge in [-0.25, -0.2) is 0 Å². The van der Waals surface area contributed by atoms with Crippen molar-refractivity contribution < 1.29 is 4.79 Å². The Labute approximate surface area is 123 Å². The van der Waals surface area contributed by atoms with Crippen LogP contribution in [0, 0.1) is 0 Å². The Morgan fingerprint density at radius 2 is 2.10 bits per heavy atom. The molecule has 0 aliphatic heterocycles. The molecule has 0 spiro atoms. The fraction of sp³-hybridized carbons (Fsp3) is 0.333. The summed E-state index contributed by atoms with van der Waals surface area (Å²) in [7, 11) is 1.79. The minimum absolute atomic E-state index is 0.121. The lowest BCUT2D eigenvalue weighted by Crippen LogP contribution is -2.16. The van der Waals surface area contributed by atoms with E-state index in [1.54, 1.807) is 23.5 Å². The van der Waals surface area contributed by atoms with Crippen molar-refractivity contribution in [1.29, 1.82) is 0 Å². The van der Waals surface area contributed by atoms with Crippen molar-refractivity contribution >= 4 is 23.4 Å². The topological polar surface area (TPSA) is 46.9 Å². The van der Waals surface area contributed by atoms with Crippen molar-refractivity contribution in [3.05, 3.63) is 41.7 Å². The van der Waals surface area contributed by atoms with Gasteiger partial charge in [0.05, 0.1) is 11.4 Å². The third-order valence-corrected chi connectivity index (χ3v) is 3.92. The van der Waals surface area contributed by atoms with Gasteiger partial charge in [-0.05, 0) is 30.4 Å². The molecule has 1 amide bonds. The SMILES string of the molecule is CCSc1ccccc1NC(=O)c1cc(CC)nn1C. The number of rotatable bonds is 5. The lowest BCUT2D eigenvalue weighted by atomic mass is 10.2. The minimum atomic E-state index is -0.121. The van der Waals surface area contributed by atoms with E-state index in [1.165, 1.54) is 0 Å². The highest BCUT2D eigenvalue weighted by atomic mass is 32.2. The summed E-state index contributed by atoms with van der Waals surface area (Å²) < 4.78 is 1.63. The molecule has 0 atom stereocenters. The van der Waals surface area contributed by atoms with Crippen LogP contribution in [0.5, 0.6) is 0 Å². The highest BCUT2D eigenvalue weighted by molar-refractivity contribution is 7.99. The van der Waals surface area contributed by atoms with E-state index in [0.29, 0.717) is 5.69 Å². The van der Waals surface area contributed by atoms with Crippen LogP contribution in [0.2, 0.25) is 0 Å². The lowest BCUT2D eigenvalue weighted by Gasteiger charge is -2.09. The van der Waals surface area contributed by atoms with Crippen LogP contribution in [0.15, 0.2) is 35.2 Å². The van der Waals surface area contributed by atoms with E-state index in [0.717, 1.165) is 28.5 Å². The molecule has 1 aromatic heterocycles. The second-order valence-corrected chi connectivity index (χ2v) is 5.69. The molecule has 1 aromatic carbocycles. The zero-order valence-corrected chi connectivity index (χ0v) is 12.8. The van der Waals surface area contributed by atoms with Gasteiger partial charge >= 0.3 is 0 Å². The van der Waals surface area contributed by atoms with Crippen molar-refractivity contribution in [3.63, 3.8) is 0 Å². The molecule has 0 fully saturated rings. The average Bonchev–Trinajstić information content (AvgIpc) is 2.82. The number of aromatic nitrogens is 2. The van der Waals surface area contributed by atoms with Gasteiger partial charge in [-0.15, -0.1) is 11.8 Å². The third-order valence-electron chi connectivity index (χ3n) is 2.96. The molecule has 106 valence electrons. The number of anilines is 1. The van der Waals surface area contributed by atoms with E-state index in [4.69, 9.17) is 0 Å². The average molecular weight is 289 g/mol. The zero-order chi connectivity index (χ0) is 14.5. The number of aryl methyl sites for hydroxylation is 2. The van der Waals surface area contributed by atoms with Crippen LogP contribution in [0.25, 0.3) is 0 Å². The molecule has 2 rings (SSSR count). The van der Waals surface area contributed by atoms with Crippen LogP contribution >= 0.6 is 11.8 Å². The summed E-state index contributed by atoms with van der Waals surface area (Å²) >= 11 is 1.72. The maximum absolute atomic E-state index is 12.3. The molecule has 0 saturated heterocycles. The molecular weight excluding hydrogens is 270 g/mol. The Morgan fingerprint density at radius 3 is 2.75 bits per heavy atom. The van der Waals surface area contributed by atoms with Crippen molar-refractivity contribution in [2.45, 2.75) is 25.2 Å². The highest BCUT2D eigenvalue weighted by Gasteiger charge is 2.14. The van der Waals surface area contributed by atoms with Gasteiger partial charge in [-0.1, -0.05) is 26.0 Å². The van der Waals surface area contributed by atoms with Crippen LogP contribution in [0.3, 0.4) is 0 Å². The highest BCUT2D eigenvalue weighted by Crippen LogP contribution is 2.27. The maximum atomic E-state index is 12.3. The number of hydrogen-bond acceptors (Lipinski definition) is 3. The molecule has 0 aliphatic rings. The van der Waals surface area contributed by atoms with Crippen molar-refractivity contribution in [3.8, 4) is 0 Å². The number of para-hydroxylation sites is 1. The van der Waals surface area contributed by atoms with Gasteiger partial charge in [0.2, 0.25) is 0 Å². The second kappa shape index (κ2) is 6.61. The van der Waals surface area contributed by atoms with Crippen LogP contribution in [-0.2, 0) is 13.5 Å². The van der Waals surface area contributed by atoms with Crippen LogP contribution in [-0.4, -0.2) is 21.4 Å². The number of nitrogens with one attached hydrogen (secondary N) is 1. The van der Waals surface area contributed by atoms with Gasteiger partial charge in [0, 0.05) is 11.9 Å². The van der Waals surface area contributed by atoms with E-state index in [9.17, 15) is 4.79 Å². The molecule has 5 heteroatoms. The van der Waals surface area contributed by atoms with Gasteiger partial charge in [0.1, 0.15) is 5.69 Å². The molecule has 1 heterocycles. The summed E-state index contributed by atoms with van der Waals surface area (Å²) in [5.41, 5.74) is 2.36. The molecule has 4 nitrogen and oxygen atoms in total. The Balaban J connectivity index is 2.21. The zero-order valence-electron chi connectivity index (χ0n) is 12.0. The van der Waals surface area contributed by atoms with E-state index in [1.807, 2.05) is 37.3 Å². The van der Waals surface area contributed by atoms with Crippen LogP contribution in [0.4, 0.5) is 5.69 Å². The third kappa shape index (κ3) is 3.22. The maximum Gasteiger partial charge on any atom is 0.273 e. The Bertz CT molecular complexity index is 607. The largest absolute Gasteiger partial charge is 0.320 e. The molecule has 0 aliphatic carbocycles. The Morgan fingerprint density at radius 1 is 1.35 bits per heavy atom. The lowest BCUT2D eigenvalue weighted by molar-refractivity contribution is 0.101. The summed E-state index contributed by atoms with van der Waals surface area (Å²) in [4.78, 5) is 13.4. The number of nitrogens with zero attached hydrogens (tertiary/aromatic N) is 2. The molecular formula is C15H19N3OS. The van der Waals surface area contributed by atoms with E-state index in [-0.39, 0.29) is 5.91 Å². The van der Waals surface area contributed by atoms with Crippen molar-refractivity contribution in [2.24, 2.45) is 7.05 Å². The molecule has 0 unspecified atom stereocenters. The summed E-state index contributed by atoms with van der Waals surface area (Å²) in [6, 6.07) is 9.69. The number of benzene rings is 1. The monoisotopic (exact) mass is 289 g/mol. The molecule has 0 saturated carbocycles. The summed E-state index contributed by atoms with van der Waals surface area (Å²) in [5, 5.41) is 7.27. The quantitative estimate of drug-likeness (QED) is 0.859. The van der Waals surface area contributed by atoms with Gasteiger partial charge in [-0.2, -0.15) is 5.10 Å². The normalized spacial score (nSPS) is 10.6. The van der Waals surface area contributed by atoms with Crippen molar-refractivity contribution in [2.75, 3.05) is 11.1 Å². The smallest absolute Gasteiger partial charge is 0.273 e. The van der Waals surface area contributed by atoms with Crippen LogP contribution < -0.4 is 5.32 Å². The van der Waals surface area contributed by atoms with Gasteiger partial charge in [0.15, 0.2) is 0 Å². The number of carbonyl (C=O) groups excluding carboxylic acids is 1. The molecule has 0 radical (unpaired) electrons. The minimum Gasteiger partial charge on any atom is -0.320 e.